The number of carbonyl (C=O) groups excluding carboxylic acids is 1. The second kappa shape index (κ2) is 6.58. The summed E-state index contributed by atoms with van der Waals surface area (Å²) in [5, 5.41) is 12.0. The lowest BCUT2D eigenvalue weighted by molar-refractivity contribution is -0.139. The molecule has 1 aliphatic carbocycles. The van der Waals surface area contributed by atoms with Gasteiger partial charge in [0, 0.05) is 25.2 Å². The summed E-state index contributed by atoms with van der Waals surface area (Å²) >= 11 is 0. The lowest BCUT2D eigenvalue weighted by Crippen LogP contribution is -2.56. The molecule has 1 aromatic rings. The van der Waals surface area contributed by atoms with Crippen LogP contribution in [-0.4, -0.2) is 52.1 Å². The molecule has 1 heterocycles. The number of urea groups is 1. The molecule has 2 amide bonds. The largest absolute Gasteiger partial charge is 0.480 e. The number of rotatable bonds is 5. The molecule has 6 nitrogen and oxygen atoms in total. The Bertz CT molecular complexity index is 574. The van der Waals surface area contributed by atoms with Crippen molar-refractivity contribution in [2.45, 2.75) is 44.9 Å². The van der Waals surface area contributed by atoms with Crippen molar-refractivity contribution in [1.29, 1.82) is 0 Å². The van der Waals surface area contributed by atoms with Crippen LogP contribution in [0.2, 0.25) is 0 Å². The van der Waals surface area contributed by atoms with Crippen LogP contribution in [0.3, 0.4) is 0 Å². The van der Waals surface area contributed by atoms with Crippen LogP contribution in [0.1, 0.15) is 30.9 Å². The lowest BCUT2D eigenvalue weighted by atomic mass is 9.85. The molecule has 1 fully saturated rings. The van der Waals surface area contributed by atoms with Gasteiger partial charge in [0.05, 0.1) is 6.54 Å². The molecule has 2 aliphatic rings. The number of carbonyl (C=O) groups is 2. The van der Waals surface area contributed by atoms with Crippen molar-refractivity contribution in [2.75, 3.05) is 13.1 Å². The highest BCUT2D eigenvalue weighted by Gasteiger charge is 2.36. The summed E-state index contributed by atoms with van der Waals surface area (Å²) in [6.07, 6.45) is 1.65. The van der Waals surface area contributed by atoms with Gasteiger partial charge in [-0.25, -0.2) is 4.79 Å². The number of likely N-dealkylation sites (N-methyl/N-ethyl adjacent to an activating group) is 1. The van der Waals surface area contributed by atoms with E-state index in [1.807, 2.05) is 28.9 Å². The maximum absolute atomic E-state index is 12.3. The van der Waals surface area contributed by atoms with Crippen molar-refractivity contribution in [3.63, 3.8) is 0 Å². The quantitative estimate of drug-likeness (QED) is 0.866. The third-order valence-corrected chi connectivity index (χ3v) is 4.83. The topological polar surface area (TPSA) is 72.9 Å². The van der Waals surface area contributed by atoms with E-state index in [0.717, 1.165) is 19.4 Å². The van der Waals surface area contributed by atoms with E-state index in [1.165, 1.54) is 11.1 Å². The monoisotopic (exact) mass is 317 g/mol. The number of hydrogen-bond acceptors (Lipinski definition) is 3. The molecule has 3 rings (SSSR count). The van der Waals surface area contributed by atoms with E-state index in [-0.39, 0.29) is 24.7 Å². The SMILES string of the molecule is CCN(CC(=O)O)C1CC(NC(=O)N2Cc3ccccc3C2)C1. The molecular weight excluding hydrogens is 294 g/mol. The first-order valence-corrected chi connectivity index (χ1v) is 8.15. The Balaban J connectivity index is 1.45. The van der Waals surface area contributed by atoms with Gasteiger partial charge in [0.1, 0.15) is 0 Å². The molecule has 0 radical (unpaired) electrons. The molecular formula is C17H23N3O3. The van der Waals surface area contributed by atoms with Crippen molar-refractivity contribution >= 4 is 12.0 Å². The third-order valence-electron chi connectivity index (χ3n) is 4.83. The number of carboxylic acids is 1. The van der Waals surface area contributed by atoms with Gasteiger partial charge in [-0.15, -0.1) is 0 Å². The summed E-state index contributed by atoms with van der Waals surface area (Å²) < 4.78 is 0. The first-order valence-electron chi connectivity index (χ1n) is 8.15. The Morgan fingerprint density at radius 1 is 1.26 bits per heavy atom. The van der Waals surface area contributed by atoms with Crippen LogP contribution in [-0.2, 0) is 17.9 Å². The maximum Gasteiger partial charge on any atom is 0.318 e. The van der Waals surface area contributed by atoms with E-state index in [1.54, 1.807) is 0 Å². The number of nitrogens with one attached hydrogen (secondary N) is 1. The maximum atomic E-state index is 12.3. The number of aliphatic carboxylic acids is 1. The summed E-state index contributed by atoms with van der Waals surface area (Å²) in [6, 6.07) is 8.51. The molecule has 124 valence electrons. The summed E-state index contributed by atoms with van der Waals surface area (Å²) in [7, 11) is 0. The molecule has 1 saturated carbocycles. The summed E-state index contributed by atoms with van der Waals surface area (Å²) in [4.78, 5) is 27.0. The zero-order valence-electron chi connectivity index (χ0n) is 13.4. The zero-order valence-corrected chi connectivity index (χ0v) is 13.4. The Kier molecular flexibility index (Phi) is 4.52. The minimum Gasteiger partial charge on any atom is -0.480 e. The molecule has 2 N–H and O–H groups in total. The normalized spacial score (nSPS) is 22.6. The predicted octanol–water partition coefficient (Wildman–Crippen LogP) is 1.65. The van der Waals surface area contributed by atoms with E-state index in [4.69, 9.17) is 5.11 Å². The fourth-order valence-corrected chi connectivity index (χ4v) is 3.42. The van der Waals surface area contributed by atoms with E-state index in [2.05, 4.69) is 17.4 Å². The molecule has 0 saturated heterocycles. The van der Waals surface area contributed by atoms with Gasteiger partial charge < -0.3 is 15.3 Å². The van der Waals surface area contributed by atoms with Gasteiger partial charge in [-0.2, -0.15) is 0 Å². The first-order chi connectivity index (χ1) is 11.1. The zero-order chi connectivity index (χ0) is 16.4. The molecule has 23 heavy (non-hydrogen) atoms. The predicted molar refractivity (Wildman–Crippen MR) is 85.9 cm³/mol. The van der Waals surface area contributed by atoms with Crippen LogP contribution >= 0.6 is 0 Å². The molecule has 0 atom stereocenters. The lowest BCUT2D eigenvalue weighted by Gasteiger charge is -2.42. The average Bonchev–Trinajstić information content (AvgIpc) is 2.92. The average molecular weight is 317 g/mol. The fourth-order valence-electron chi connectivity index (χ4n) is 3.42. The number of benzene rings is 1. The van der Waals surface area contributed by atoms with E-state index >= 15 is 0 Å². The van der Waals surface area contributed by atoms with Crippen molar-refractivity contribution in [3.05, 3.63) is 35.4 Å². The summed E-state index contributed by atoms with van der Waals surface area (Å²) in [5.74, 6) is -0.797. The fraction of sp³-hybridized carbons (Fsp3) is 0.529. The van der Waals surface area contributed by atoms with E-state index in [0.29, 0.717) is 13.1 Å². The molecule has 0 bridgehead atoms. The highest BCUT2D eigenvalue weighted by atomic mass is 16.4. The van der Waals surface area contributed by atoms with E-state index in [9.17, 15) is 9.59 Å². The molecule has 0 unspecified atom stereocenters. The van der Waals surface area contributed by atoms with Crippen LogP contribution in [0.15, 0.2) is 24.3 Å². The highest BCUT2D eigenvalue weighted by molar-refractivity contribution is 5.75. The molecule has 1 aromatic carbocycles. The number of carboxylic acid groups (broad SMARTS) is 1. The second-order valence-corrected chi connectivity index (χ2v) is 6.35. The summed E-state index contributed by atoms with van der Waals surface area (Å²) in [5.41, 5.74) is 2.43. The summed E-state index contributed by atoms with van der Waals surface area (Å²) in [6.45, 7) is 4.09. The van der Waals surface area contributed by atoms with Crippen molar-refractivity contribution in [3.8, 4) is 0 Å². The molecule has 6 heteroatoms. The van der Waals surface area contributed by atoms with Crippen molar-refractivity contribution < 1.29 is 14.7 Å². The van der Waals surface area contributed by atoms with Gasteiger partial charge in [0.15, 0.2) is 0 Å². The van der Waals surface area contributed by atoms with Gasteiger partial charge in [-0.3, -0.25) is 9.69 Å². The molecule has 1 aliphatic heterocycles. The minimum absolute atomic E-state index is 0.0223. The standard InChI is InChI=1S/C17H23N3O3/c1-2-19(11-16(21)22)15-7-14(8-15)18-17(23)20-9-12-5-3-4-6-13(12)10-20/h3-6,14-15H,2,7-11H2,1H3,(H,18,23)(H,21,22). The van der Waals surface area contributed by atoms with Gasteiger partial charge in [0.25, 0.3) is 0 Å². The van der Waals surface area contributed by atoms with Gasteiger partial charge in [-0.05, 0) is 30.5 Å². The molecule has 0 aromatic heterocycles. The van der Waals surface area contributed by atoms with Gasteiger partial charge in [0.2, 0.25) is 0 Å². The van der Waals surface area contributed by atoms with Gasteiger partial charge >= 0.3 is 12.0 Å². The molecule has 0 spiro atoms. The van der Waals surface area contributed by atoms with Crippen LogP contribution in [0.25, 0.3) is 0 Å². The van der Waals surface area contributed by atoms with Crippen LogP contribution < -0.4 is 5.32 Å². The number of hydrogen-bond donors (Lipinski definition) is 2. The Labute approximate surface area is 136 Å². The number of fused-ring (bicyclic) bond motifs is 1. The Morgan fingerprint density at radius 3 is 2.39 bits per heavy atom. The minimum atomic E-state index is -0.797. The van der Waals surface area contributed by atoms with Crippen LogP contribution in [0, 0.1) is 0 Å². The van der Waals surface area contributed by atoms with Crippen LogP contribution in [0.5, 0.6) is 0 Å². The second-order valence-electron chi connectivity index (χ2n) is 6.35. The third kappa shape index (κ3) is 3.47. The Morgan fingerprint density at radius 2 is 1.87 bits per heavy atom. The number of amides is 2. The highest BCUT2D eigenvalue weighted by Crippen LogP contribution is 2.27. The van der Waals surface area contributed by atoms with E-state index < -0.39 is 5.97 Å². The Hall–Kier alpha value is -2.08. The van der Waals surface area contributed by atoms with Gasteiger partial charge in [-0.1, -0.05) is 31.2 Å². The van der Waals surface area contributed by atoms with Crippen molar-refractivity contribution in [1.82, 2.24) is 15.1 Å². The van der Waals surface area contributed by atoms with Crippen LogP contribution in [0.4, 0.5) is 4.79 Å². The van der Waals surface area contributed by atoms with Crippen molar-refractivity contribution in [2.24, 2.45) is 0 Å². The first kappa shape index (κ1) is 15.8. The number of nitrogens with zero attached hydrogens (tertiary/aromatic N) is 2. The smallest absolute Gasteiger partial charge is 0.318 e.